The summed E-state index contributed by atoms with van der Waals surface area (Å²) < 4.78 is 5.73. The highest BCUT2D eigenvalue weighted by Crippen LogP contribution is 2.39. The molecule has 0 spiro atoms. The number of aromatic amines is 1. The molecule has 0 aromatic carbocycles. The van der Waals surface area contributed by atoms with Crippen LogP contribution >= 0.6 is 0 Å². The summed E-state index contributed by atoms with van der Waals surface area (Å²) in [6.45, 7) is 5.52. The molecule has 3 aliphatic rings. The fourth-order valence-electron chi connectivity index (χ4n) is 3.64. The van der Waals surface area contributed by atoms with E-state index in [1.165, 1.54) is 25.7 Å². The lowest BCUT2D eigenvalue weighted by Gasteiger charge is -2.23. The molecule has 1 N–H and O–H groups in total. The molecule has 23 heavy (non-hydrogen) atoms. The van der Waals surface area contributed by atoms with Gasteiger partial charge in [-0.05, 0) is 44.7 Å². The van der Waals surface area contributed by atoms with Gasteiger partial charge >= 0.3 is 0 Å². The highest BCUT2D eigenvalue weighted by Gasteiger charge is 2.28. The van der Waals surface area contributed by atoms with Crippen molar-refractivity contribution in [3.63, 3.8) is 0 Å². The second-order valence-electron chi connectivity index (χ2n) is 7.06. The van der Waals surface area contributed by atoms with Gasteiger partial charge in [-0.1, -0.05) is 0 Å². The van der Waals surface area contributed by atoms with Crippen molar-refractivity contribution in [2.45, 2.75) is 44.1 Å². The Kier molecular flexibility index (Phi) is 4.35. The second kappa shape index (κ2) is 6.61. The summed E-state index contributed by atoms with van der Waals surface area (Å²) in [5.41, 5.74) is 1.71. The van der Waals surface area contributed by atoms with Crippen molar-refractivity contribution in [1.82, 2.24) is 20.0 Å². The van der Waals surface area contributed by atoms with Gasteiger partial charge < -0.3 is 9.64 Å². The summed E-state index contributed by atoms with van der Waals surface area (Å²) in [7, 11) is 0. The molecule has 126 valence electrons. The smallest absolute Gasteiger partial charge is 0.274 e. The van der Waals surface area contributed by atoms with Crippen LogP contribution < -0.4 is 0 Å². The maximum atomic E-state index is 12.7. The molecule has 1 aromatic rings. The number of hydrogen-bond donors (Lipinski definition) is 1. The van der Waals surface area contributed by atoms with Crippen molar-refractivity contribution in [1.29, 1.82) is 0 Å². The molecule has 0 unspecified atom stereocenters. The standard InChI is InChI=1S/C17H26N4O2/c22-17(16-11-15(18-19-16)13-4-5-13)21-7-2-6-20(8-9-21)12-14-3-1-10-23-14/h11,13-14H,1-10,12H2,(H,18,19)/t14-/m1/s1. The minimum Gasteiger partial charge on any atom is -0.377 e. The number of hydrogen-bond acceptors (Lipinski definition) is 4. The van der Waals surface area contributed by atoms with Crippen molar-refractivity contribution in [2.75, 3.05) is 39.3 Å². The number of rotatable bonds is 4. The van der Waals surface area contributed by atoms with E-state index in [0.717, 1.165) is 51.4 Å². The molecule has 3 heterocycles. The number of ether oxygens (including phenoxy) is 1. The number of carbonyl (C=O) groups excluding carboxylic acids is 1. The molecule has 6 heteroatoms. The maximum Gasteiger partial charge on any atom is 0.274 e. The average Bonchev–Trinajstić information content (AvgIpc) is 3.15. The monoisotopic (exact) mass is 318 g/mol. The van der Waals surface area contributed by atoms with Crippen LogP contribution in [0, 0.1) is 0 Å². The summed E-state index contributed by atoms with van der Waals surface area (Å²) in [5, 5.41) is 7.27. The zero-order chi connectivity index (χ0) is 15.6. The van der Waals surface area contributed by atoms with E-state index in [2.05, 4.69) is 15.1 Å². The maximum absolute atomic E-state index is 12.7. The molecular weight excluding hydrogens is 292 g/mol. The van der Waals surface area contributed by atoms with E-state index in [1.54, 1.807) is 0 Å². The number of H-pyrrole nitrogens is 1. The van der Waals surface area contributed by atoms with Crippen LogP contribution in [0.3, 0.4) is 0 Å². The van der Waals surface area contributed by atoms with Crippen molar-refractivity contribution in [3.05, 3.63) is 17.5 Å². The van der Waals surface area contributed by atoms with Gasteiger partial charge in [-0.3, -0.25) is 14.8 Å². The van der Waals surface area contributed by atoms with Crippen LogP contribution in [-0.4, -0.2) is 71.3 Å². The topological polar surface area (TPSA) is 61.5 Å². The molecule has 3 fully saturated rings. The molecule has 0 bridgehead atoms. The number of aromatic nitrogens is 2. The minimum atomic E-state index is 0.0760. The number of amides is 1. The average molecular weight is 318 g/mol. The Morgan fingerprint density at radius 3 is 2.91 bits per heavy atom. The fourth-order valence-corrected chi connectivity index (χ4v) is 3.64. The molecule has 2 saturated heterocycles. The van der Waals surface area contributed by atoms with Gasteiger partial charge in [0.2, 0.25) is 0 Å². The zero-order valence-corrected chi connectivity index (χ0v) is 13.7. The lowest BCUT2D eigenvalue weighted by Crippen LogP contribution is -2.37. The van der Waals surface area contributed by atoms with E-state index in [4.69, 9.17) is 4.74 Å². The van der Waals surface area contributed by atoms with Gasteiger partial charge in [0.25, 0.3) is 5.91 Å². The van der Waals surface area contributed by atoms with Crippen molar-refractivity contribution in [2.24, 2.45) is 0 Å². The van der Waals surface area contributed by atoms with Gasteiger partial charge in [-0.25, -0.2) is 0 Å². The Labute approximate surface area is 137 Å². The van der Waals surface area contributed by atoms with E-state index < -0.39 is 0 Å². The Morgan fingerprint density at radius 2 is 2.13 bits per heavy atom. The van der Waals surface area contributed by atoms with Crippen LogP contribution in [-0.2, 0) is 4.74 Å². The SMILES string of the molecule is O=C(c1cc(C2CC2)[nH]n1)N1CCCN(C[C@H]2CCCO2)CC1. The van der Waals surface area contributed by atoms with Gasteiger partial charge in [0.15, 0.2) is 0 Å². The van der Waals surface area contributed by atoms with E-state index >= 15 is 0 Å². The molecule has 1 aromatic heterocycles. The summed E-state index contributed by atoms with van der Waals surface area (Å²) in [6.07, 6.45) is 6.22. The fraction of sp³-hybridized carbons (Fsp3) is 0.765. The predicted octanol–water partition coefficient (Wildman–Crippen LogP) is 1.61. The molecule has 1 amide bonds. The highest BCUT2D eigenvalue weighted by molar-refractivity contribution is 5.92. The van der Waals surface area contributed by atoms with Crippen LogP contribution in [0.25, 0.3) is 0 Å². The summed E-state index contributed by atoms with van der Waals surface area (Å²) in [4.78, 5) is 17.1. The Morgan fingerprint density at radius 1 is 1.22 bits per heavy atom. The molecule has 1 saturated carbocycles. The first-order valence-electron chi connectivity index (χ1n) is 8.98. The third kappa shape index (κ3) is 3.58. The Hall–Kier alpha value is -1.40. The lowest BCUT2D eigenvalue weighted by molar-refractivity contribution is 0.0701. The number of nitrogens with one attached hydrogen (secondary N) is 1. The second-order valence-corrected chi connectivity index (χ2v) is 7.06. The quantitative estimate of drug-likeness (QED) is 0.916. The van der Waals surface area contributed by atoms with Crippen LogP contribution in [0.15, 0.2) is 6.07 Å². The lowest BCUT2D eigenvalue weighted by atomic mass is 10.2. The zero-order valence-electron chi connectivity index (χ0n) is 13.7. The van der Waals surface area contributed by atoms with Crippen LogP contribution in [0.4, 0.5) is 0 Å². The van der Waals surface area contributed by atoms with Crippen molar-refractivity contribution < 1.29 is 9.53 Å². The Bertz CT molecular complexity index is 549. The van der Waals surface area contributed by atoms with E-state index in [-0.39, 0.29) is 5.91 Å². The van der Waals surface area contributed by atoms with E-state index in [0.29, 0.717) is 17.7 Å². The molecule has 1 aliphatic carbocycles. The Balaban J connectivity index is 1.32. The predicted molar refractivity (Wildman–Crippen MR) is 86.5 cm³/mol. The summed E-state index contributed by atoms with van der Waals surface area (Å²) in [5.74, 6) is 0.683. The largest absolute Gasteiger partial charge is 0.377 e. The van der Waals surface area contributed by atoms with Gasteiger partial charge in [-0.15, -0.1) is 0 Å². The van der Waals surface area contributed by atoms with Crippen LogP contribution in [0.2, 0.25) is 0 Å². The minimum absolute atomic E-state index is 0.0760. The first-order chi connectivity index (χ1) is 11.3. The summed E-state index contributed by atoms with van der Waals surface area (Å²) in [6, 6.07) is 1.95. The van der Waals surface area contributed by atoms with E-state index in [1.807, 2.05) is 11.0 Å². The third-order valence-electron chi connectivity index (χ3n) is 5.20. The summed E-state index contributed by atoms with van der Waals surface area (Å²) >= 11 is 0. The highest BCUT2D eigenvalue weighted by atomic mass is 16.5. The van der Waals surface area contributed by atoms with Gasteiger partial charge in [0.05, 0.1) is 6.10 Å². The van der Waals surface area contributed by atoms with Crippen LogP contribution in [0.1, 0.15) is 54.2 Å². The van der Waals surface area contributed by atoms with E-state index in [9.17, 15) is 4.79 Å². The van der Waals surface area contributed by atoms with Crippen molar-refractivity contribution >= 4 is 5.91 Å². The molecule has 6 nitrogen and oxygen atoms in total. The molecule has 1 atom stereocenters. The number of carbonyl (C=O) groups is 1. The third-order valence-corrected chi connectivity index (χ3v) is 5.20. The van der Waals surface area contributed by atoms with Gasteiger partial charge in [0.1, 0.15) is 5.69 Å². The molecular formula is C17H26N4O2. The molecule has 0 radical (unpaired) electrons. The number of nitrogens with zero attached hydrogens (tertiary/aromatic N) is 3. The van der Waals surface area contributed by atoms with Gasteiger partial charge in [-0.2, -0.15) is 5.10 Å². The first-order valence-corrected chi connectivity index (χ1v) is 8.98. The van der Waals surface area contributed by atoms with Crippen LogP contribution in [0.5, 0.6) is 0 Å². The normalized spacial score (nSPS) is 26.4. The van der Waals surface area contributed by atoms with Gasteiger partial charge in [0, 0.05) is 44.4 Å². The van der Waals surface area contributed by atoms with Crippen molar-refractivity contribution in [3.8, 4) is 0 Å². The first kappa shape index (κ1) is 15.1. The molecule has 4 rings (SSSR count). The molecule has 2 aliphatic heterocycles.